The van der Waals surface area contributed by atoms with Crippen LogP contribution in [0.1, 0.15) is 53.1 Å². The Morgan fingerprint density at radius 1 is 1.16 bits per heavy atom. The zero-order valence-electron chi connectivity index (χ0n) is 28.4. The molecule has 264 valence electrons. The van der Waals surface area contributed by atoms with Gasteiger partial charge in [0, 0.05) is 70.4 Å². The van der Waals surface area contributed by atoms with Crippen molar-refractivity contribution in [2.45, 2.75) is 65.5 Å². The summed E-state index contributed by atoms with van der Waals surface area (Å²) in [4.78, 5) is 50.3. The van der Waals surface area contributed by atoms with E-state index >= 15 is 4.39 Å². The number of hydrogen-bond donors (Lipinski definition) is 1. The van der Waals surface area contributed by atoms with E-state index in [1.54, 1.807) is 29.8 Å². The number of carbonyl (C=O) groups excluding carboxylic acids is 3. The number of nitrogens with zero attached hydrogens (tertiary/aromatic N) is 6. The molecule has 4 aromatic heterocycles. The monoisotopic (exact) mass is 703 g/mol. The number of piperidine rings is 1. The van der Waals surface area contributed by atoms with E-state index in [0.717, 1.165) is 17.3 Å². The van der Waals surface area contributed by atoms with Crippen molar-refractivity contribution < 1.29 is 36.7 Å². The number of ether oxygens (including phenoxy) is 1. The summed E-state index contributed by atoms with van der Waals surface area (Å²) in [6.45, 7) is 10.2. The first-order valence-electron chi connectivity index (χ1n) is 16.1. The maximum atomic E-state index is 16.2. The van der Waals surface area contributed by atoms with Gasteiger partial charge in [-0.25, -0.2) is 18.9 Å². The van der Waals surface area contributed by atoms with Crippen molar-refractivity contribution in [3.05, 3.63) is 88.9 Å². The maximum absolute atomic E-state index is 16.2. The summed E-state index contributed by atoms with van der Waals surface area (Å²) in [5.41, 5.74) is 1.93. The van der Waals surface area contributed by atoms with Gasteiger partial charge in [-0.1, -0.05) is 19.6 Å². The highest BCUT2D eigenvalue weighted by Crippen LogP contribution is 2.63. The van der Waals surface area contributed by atoms with Crippen LogP contribution in [0.4, 0.5) is 23.4 Å². The Bertz CT molecular complexity index is 2330. The second-order valence-electron chi connectivity index (χ2n) is 13.4. The number of anilines is 1. The Morgan fingerprint density at radius 3 is 2.59 bits per heavy atom. The number of pyridine rings is 1. The van der Waals surface area contributed by atoms with Crippen LogP contribution in [0.3, 0.4) is 0 Å². The van der Waals surface area contributed by atoms with E-state index in [2.05, 4.69) is 27.0 Å². The van der Waals surface area contributed by atoms with E-state index in [1.165, 1.54) is 42.0 Å². The number of Topliss-reactive ketones (excluding diaryl/α,β-unsaturated/α-hetero) is 1. The zero-order valence-corrected chi connectivity index (χ0v) is 28.4. The molecule has 5 heterocycles. The summed E-state index contributed by atoms with van der Waals surface area (Å²) >= 11 is 0. The number of methoxy groups -OCH3 is 1. The van der Waals surface area contributed by atoms with Crippen molar-refractivity contribution >= 4 is 40.0 Å². The number of ketones is 1. The molecule has 1 N–H and O–H groups in total. The molecule has 0 spiro atoms. The molecule has 2 aliphatic rings. The smallest absolute Gasteiger partial charge is 0.380 e. The van der Waals surface area contributed by atoms with Gasteiger partial charge >= 0.3 is 6.18 Å². The first kappa shape index (κ1) is 34.0. The molecular formula is C36H33F4N7O4. The van der Waals surface area contributed by atoms with Gasteiger partial charge in [0.1, 0.15) is 29.9 Å². The molecule has 3 atom stereocenters. The Hall–Kier alpha value is -5.44. The summed E-state index contributed by atoms with van der Waals surface area (Å²) < 4.78 is 64.8. The first-order chi connectivity index (χ1) is 24.0. The Kier molecular flexibility index (Phi) is 7.89. The minimum atomic E-state index is -4.76. The van der Waals surface area contributed by atoms with Crippen molar-refractivity contribution in [3.8, 4) is 11.1 Å². The van der Waals surface area contributed by atoms with Crippen LogP contribution in [0, 0.1) is 25.1 Å². The molecule has 1 saturated heterocycles. The van der Waals surface area contributed by atoms with E-state index in [0.29, 0.717) is 22.1 Å². The highest BCUT2D eigenvalue weighted by molar-refractivity contribution is 6.09. The Balaban J connectivity index is 1.23. The second kappa shape index (κ2) is 11.8. The topological polar surface area (TPSA) is 124 Å². The average molecular weight is 704 g/mol. The van der Waals surface area contributed by atoms with Crippen molar-refractivity contribution in [2.75, 3.05) is 12.4 Å². The lowest BCUT2D eigenvalue weighted by atomic mass is 9.99. The summed E-state index contributed by atoms with van der Waals surface area (Å²) in [5.74, 6) is -2.44. The molecule has 2 fully saturated rings. The van der Waals surface area contributed by atoms with Gasteiger partial charge in [0.15, 0.2) is 11.4 Å². The highest BCUT2D eigenvalue weighted by atomic mass is 19.4. The summed E-state index contributed by atoms with van der Waals surface area (Å²) in [7, 11) is 1.36. The van der Waals surface area contributed by atoms with Crippen LogP contribution in [0.25, 0.3) is 27.7 Å². The third-order valence-corrected chi connectivity index (χ3v) is 9.97. The standard InChI is InChI=1S/C36H33F4N7O4/c1-17-9-28-41-12-22(13-46(28)44-17)23-10-24-25(20(4)48)14-45(31(24)18(2)30(23)37)15-29(49)47-26(11-35(5)19(3)32(35)47)34(50)43-33-21(16-51-6)7-8-27(42-33)36(38,39)40/h7-10,12-14,26,32H,3,11,15-16H2,1-2,4-6H3,(H,42,43,50)/t26-,32+,35-/m0/s1. The van der Waals surface area contributed by atoms with Gasteiger partial charge in [-0.3, -0.25) is 14.4 Å². The number of fused-ring (bicyclic) bond motifs is 3. The van der Waals surface area contributed by atoms with Gasteiger partial charge in [-0.05, 0) is 44.9 Å². The lowest BCUT2D eigenvalue weighted by Crippen LogP contribution is -2.47. The second-order valence-corrected chi connectivity index (χ2v) is 13.4. The van der Waals surface area contributed by atoms with Crippen molar-refractivity contribution in [1.29, 1.82) is 0 Å². The van der Waals surface area contributed by atoms with Crippen molar-refractivity contribution in [2.24, 2.45) is 5.41 Å². The average Bonchev–Trinajstić information content (AvgIpc) is 3.46. The zero-order chi connectivity index (χ0) is 36.7. The minimum absolute atomic E-state index is 0.115. The molecule has 1 aliphatic carbocycles. The van der Waals surface area contributed by atoms with Crippen LogP contribution >= 0.6 is 0 Å². The number of halogens is 4. The third-order valence-electron chi connectivity index (χ3n) is 9.97. The normalized spacial score (nSPS) is 19.9. The third kappa shape index (κ3) is 5.55. The molecule has 1 aliphatic heterocycles. The number of nitrogens with one attached hydrogen (secondary N) is 1. The van der Waals surface area contributed by atoms with Crippen LogP contribution in [-0.2, 0) is 33.7 Å². The number of amides is 2. The van der Waals surface area contributed by atoms with Gasteiger partial charge in [-0.15, -0.1) is 0 Å². The molecular weight excluding hydrogens is 670 g/mol. The molecule has 7 rings (SSSR count). The van der Waals surface area contributed by atoms with E-state index in [4.69, 9.17) is 4.74 Å². The van der Waals surface area contributed by atoms with Gasteiger partial charge in [0.2, 0.25) is 11.8 Å². The van der Waals surface area contributed by atoms with Crippen LogP contribution in [0.2, 0.25) is 0 Å². The van der Waals surface area contributed by atoms with Crippen LogP contribution in [-0.4, -0.2) is 65.8 Å². The SMILES string of the molecule is C=C1[C@H]2N(C(=O)Cn3cc(C(C)=O)c4cc(-c5cnc6cc(C)nn6c5)c(F)c(C)c43)[C@H](C(=O)Nc3nc(C(F)(F)F)ccc3COC)C[C@@]12C. The fraction of sp³-hybridized carbons (Fsp3) is 0.333. The molecule has 51 heavy (non-hydrogen) atoms. The van der Waals surface area contributed by atoms with Gasteiger partial charge in [0.25, 0.3) is 0 Å². The van der Waals surface area contributed by atoms with Crippen molar-refractivity contribution in [1.82, 2.24) is 29.0 Å². The Morgan fingerprint density at radius 2 is 1.90 bits per heavy atom. The molecule has 5 aromatic rings. The quantitative estimate of drug-likeness (QED) is 0.119. The van der Waals surface area contributed by atoms with Crippen LogP contribution in [0.5, 0.6) is 0 Å². The van der Waals surface area contributed by atoms with Crippen LogP contribution < -0.4 is 5.32 Å². The number of rotatable bonds is 8. The largest absolute Gasteiger partial charge is 0.433 e. The van der Waals surface area contributed by atoms with Crippen molar-refractivity contribution in [3.63, 3.8) is 0 Å². The summed E-state index contributed by atoms with van der Waals surface area (Å²) in [6, 6.07) is 3.75. The summed E-state index contributed by atoms with van der Waals surface area (Å²) in [6.07, 6.45) is 0.1000. The lowest BCUT2D eigenvalue weighted by molar-refractivity contribution is -0.141. The molecule has 15 heteroatoms. The lowest BCUT2D eigenvalue weighted by Gasteiger charge is -2.28. The molecule has 11 nitrogen and oxygen atoms in total. The number of hydrogen-bond acceptors (Lipinski definition) is 7. The van der Waals surface area contributed by atoms with E-state index in [-0.39, 0.29) is 53.4 Å². The molecule has 0 bridgehead atoms. The minimum Gasteiger partial charge on any atom is -0.380 e. The van der Waals surface area contributed by atoms with Crippen LogP contribution in [0.15, 0.2) is 55.0 Å². The molecule has 0 radical (unpaired) electrons. The Labute approximate surface area is 288 Å². The number of benzene rings is 1. The van der Waals surface area contributed by atoms with E-state index in [9.17, 15) is 27.6 Å². The molecule has 0 unspecified atom stereocenters. The molecule has 2 amide bonds. The predicted octanol–water partition coefficient (Wildman–Crippen LogP) is 6.05. The first-order valence-corrected chi connectivity index (χ1v) is 16.1. The fourth-order valence-corrected chi connectivity index (χ4v) is 7.33. The number of aromatic nitrogens is 5. The summed E-state index contributed by atoms with van der Waals surface area (Å²) in [5, 5.41) is 7.30. The van der Waals surface area contributed by atoms with E-state index < -0.39 is 47.0 Å². The number of aryl methyl sites for hydroxylation is 2. The number of likely N-dealkylation sites (tertiary alicyclic amines) is 1. The fourth-order valence-electron chi connectivity index (χ4n) is 7.33. The van der Waals surface area contributed by atoms with Gasteiger partial charge in [-0.2, -0.15) is 18.3 Å². The highest BCUT2D eigenvalue weighted by Gasteiger charge is 2.67. The number of alkyl halides is 3. The predicted molar refractivity (Wildman–Crippen MR) is 178 cm³/mol. The van der Waals surface area contributed by atoms with E-state index in [1.807, 2.05) is 13.8 Å². The van der Waals surface area contributed by atoms with Gasteiger partial charge < -0.3 is 19.5 Å². The van der Waals surface area contributed by atoms with Gasteiger partial charge in [0.05, 0.1) is 23.9 Å². The molecule has 1 saturated carbocycles. The maximum Gasteiger partial charge on any atom is 0.433 e. The number of carbonyl (C=O) groups is 3. The molecule has 1 aromatic carbocycles.